The predicted octanol–water partition coefficient (Wildman–Crippen LogP) is 1.81. The Hall–Kier alpha value is -3.90. The number of Topliss-reactive ketones (excluding diaryl/α,β-unsaturated/α-hetero) is 1. The van der Waals surface area contributed by atoms with E-state index in [2.05, 4.69) is 31.2 Å². The van der Waals surface area contributed by atoms with Crippen LogP contribution in [0.1, 0.15) is 108 Å². The Kier molecular flexibility index (Phi) is 11.2. The molecular weight excluding hydrogens is 602 g/mol. The van der Waals surface area contributed by atoms with Crippen LogP contribution in [0.3, 0.4) is 0 Å². The molecule has 5 amide bonds. The average molecular weight is 652 g/mol. The first kappa shape index (κ1) is 34.4. The molecule has 6 unspecified atom stereocenters. The molecule has 256 valence electrons. The van der Waals surface area contributed by atoms with Crippen LogP contribution in [0, 0.1) is 17.8 Å². The quantitative estimate of drug-likeness (QED) is 0.220. The molecule has 2 bridgehead atoms. The van der Waals surface area contributed by atoms with E-state index >= 15 is 0 Å². The van der Waals surface area contributed by atoms with Gasteiger partial charge in [-0.3, -0.25) is 33.8 Å². The Morgan fingerprint density at radius 1 is 0.915 bits per heavy atom. The molecule has 4 fully saturated rings. The van der Waals surface area contributed by atoms with E-state index in [1.165, 1.54) is 18.6 Å². The van der Waals surface area contributed by atoms with Gasteiger partial charge in [-0.1, -0.05) is 46.5 Å². The highest BCUT2D eigenvalue weighted by Crippen LogP contribution is 2.43. The summed E-state index contributed by atoms with van der Waals surface area (Å²) in [6.45, 7) is 5.56. The molecule has 2 heterocycles. The van der Waals surface area contributed by atoms with Gasteiger partial charge in [-0.25, -0.2) is 4.98 Å². The molecule has 1 aliphatic heterocycles. The van der Waals surface area contributed by atoms with E-state index in [1.807, 2.05) is 20.8 Å². The topological polar surface area (TPSA) is 180 Å². The molecule has 0 spiro atoms. The van der Waals surface area contributed by atoms with Crippen LogP contribution in [0.5, 0.6) is 0 Å². The van der Waals surface area contributed by atoms with E-state index in [-0.39, 0.29) is 41.4 Å². The van der Waals surface area contributed by atoms with E-state index in [4.69, 9.17) is 0 Å². The van der Waals surface area contributed by atoms with Crippen molar-refractivity contribution in [3.63, 3.8) is 0 Å². The maximum Gasteiger partial charge on any atom is 0.289 e. The molecule has 5 rings (SSSR count). The van der Waals surface area contributed by atoms with Crippen molar-refractivity contribution in [1.29, 1.82) is 0 Å². The van der Waals surface area contributed by atoms with Crippen LogP contribution in [0.25, 0.3) is 0 Å². The summed E-state index contributed by atoms with van der Waals surface area (Å²) in [5.41, 5.74) is 0.101. The third kappa shape index (κ3) is 8.16. The van der Waals surface area contributed by atoms with Gasteiger partial charge in [0.1, 0.15) is 23.8 Å². The maximum absolute atomic E-state index is 14.3. The molecule has 13 nitrogen and oxygen atoms in total. The van der Waals surface area contributed by atoms with Crippen molar-refractivity contribution in [3.8, 4) is 0 Å². The van der Waals surface area contributed by atoms with Crippen molar-refractivity contribution in [2.45, 2.75) is 134 Å². The van der Waals surface area contributed by atoms with Crippen molar-refractivity contribution < 1.29 is 28.8 Å². The van der Waals surface area contributed by atoms with Gasteiger partial charge < -0.3 is 26.2 Å². The van der Waals surface area contributed by atoms with Gasteiger partial charge in [0.25, 0.3) is 11.8 Å². The Morgan fingerprint density at radius 2 is 1.66 bits per heavy atom. The van der Waals surface area contributed by atoms with Crippen LogP contribution in [0.15, 0.2) is 18.6 Å². The molecule has 1 saturated heterocycles. The van der Waals surface area contributed by atoms with Gasteiger partial charge in [-0.2, -0.15) is 0 Å². The predicted molar refractivity (Wildman–Crippen MR) is 171 cm³/mol. The Bertz CT molecular complexity index is 1330. The first-order valence-corrected chi connectivity index (χ1v) is 17.4. The van der Waals surface area contributed by atoms with Crippen molar-refractivity contribution >= 4 is 35.3 Å². The van der Waals surface area contributed by atoms with Gasteiger partial charge in [0.2, 0.25) is 23.5 Å². The van der Waals surface area contributed by atoms with Crippen molar-refractivity contribution in [3.05, 3.63) is 24.3 Å². The van der Waals surface area contributed by atoms with Crippen LogP contribution in [0.4, 0.5) is 0 Å². The largest absolute Gasteiger partial charge is 0.347 e. The Morgan fingerprint density at radius 3 is 2.30 bits per heavy atom. The smallest absolute Gasteiger partial charge is 0.289 e. The lowest BCUT2D eigenvalue weighted by atomic mass is 9.83. The Balaban J connectivity index is 1.31. The highest BCUT2D eigenvalue weighted by molar-refractivity contribution is 6.38. The van der Waals surface area contributed by atoms with Crippen LogP contribution < -0.4 is 21.3 Å². The normalized spacial score (nSPS) is 24.3. The number of piperidine rings is 1. The number of hydrogen-bond donors (Lipinski definition) is 4. The summed E-state index contributed by atoms with van der Waals surface area (Å²) in [5, 5.41) is 11.4. The lowest BCUT2D eigenvalue weighted by Crippen LogP contribution is -2.62. The van der Waals surface area contributed by atoms with Gasteiger partial charge in [0, 0.05) is 24.5 Å². The molecular formula is C34H49N7O6. The zero-order valence-corrected chi connectivity index (χ0v) is 27.7. The minimum atomic E-state index is -0.975. The van der Waals surface area contributed by atoms with Crippen LogP contribution >= 0.6 is 0 Å². The molecule has 1 aromatic rings. The summed E-state index contributed by atoms with van der Waals surface area (Å²) in [4.78, 5) is 90.5. The van der Waals surface area contributed by atoms with Gasteiger partial charge >= 0.3 is 0 Å². The SMILES string of the molecule is CCCC(NC(=O)C1C2CCC(C2)N1C(=O)C(NC(=O)C(NC(=O)c1cnccn1)C1CCCCC1)C(C)C)C(=O)C(=O)NC1CC1. The highest BCUT2D eigenvalue weighted by Gasteiger charge is 2.53. The number of rotatable bonds is 14. The standard InChI is InChI=1S/C34H49N7O6/c1-4-8-24(29(42)33(46)37-22-12-13-22)38-32(45)28-21-11-14-23(17-21)41(28)34(47)26(19(2)3)39-31(44)27(20-9-6-5-7-10-20)40-30(43)25-18-35-15-16-36-25/h15-16,18-24,26-28H,4-14,17H2,1-3H3,(H,37,46)(H,38,45)(H,39,44)(H,40,43). The molecule has 3 aliphatic carbocycles. The van der Waals surface area contributed by atoms with E-state index in [1.54, 1.807) is 4.90 Å². The van der Waals surface area contributed by atoms with Gasteiger partial charge in [-0.05, 0) is 69.1 Å². The average Bonchev–Trinajstić information content (AvgIpc) is 3.64. The van der Waals surface area contributed by atoms with Crippen molar-refractivity contribution in [2.24, 2.45) is 17.8 Å². The minimum absolute atomic E-state index is 0.0179. The third-order valence-corrected chi connectivity index (χ3v) is 10.2. The van der Waals surface area contributed by atoms with E-state index in [0.29, 0.717) is 19.3 Å². The summed E-state index contributed by atoms with van der Waals surface area (Å²) < 4.78 is 0. The number of amides is 5. The van der Waals surface area contributed by atoms with Gasteiger partial charge in [0.15, 0.2) is 0 Å². The lowest BCUT2D eigenvalue weighted by molar-refractivity contribution is -0.147. The summed E-state index contributed by atoms with van der Waals surface area (Å²) in [6.07, 6.45) is 13.5. The van der Waals surface area contributed by atoms with Gasteiger partial charge in [-0.15, -0.1) is 0 Å². The van der Waals surface area contributed by atoms with Crippen LogP contribution in [0.2, 0.25) is 0 Å². The maximum atomic E-state index is 14.3. The molecule has 4 aliphatic rings. The lowest BCUT2D eigenvalue weighted by Gasteiger charge is -2.39. The van der Waals surface area contributed by atoms with E-state index in [0.717, 1.165) is 57.8 Å². The van der Waals surface area contributed by atoms with Crippen LogP contribution in [-0.4, -0.2) is 86.4 Å². The second kappa shape index (κ2) is 15.3. The number of fused-ring (bicyclic) bond motifs is 2. The summed E-state index contributed by atoms with van der Waals surface area (Å²) in [7, 11) is 0. The number of nitrogens with one attached hydrogen (secondary N) is 4. The summed E-state index contributed by atoms with van der Waals surface area (Å²) in [6, 6.07) is -3.72. The zero-order chi connectivity index (χ0) is 33.7. The molecule has 4 N–H and O–H groups in total. The number of carbonyl (C=O) groups excluding carboxylic acids is 6. The van der Waals surface area contributed by atoms with Gasteiger partial charge in [0.05, 0.1) is 12.2 Å². The first-order chi connectivity index (χ1) is 22.6. The second-order valence-electron chi connectivity index (χ2n) is 14.0. The number of aromatic nitrogens is 2. The summed E-state index contributed by atoms with van der Waals surface area (Å²) >= 11 is 0. The van der Waals surface area contributed by atoms with E-state index < -0.39 is 53.6 Å². The third-order valence-electron chi connectivity index (χ3n) is 10.2. The molecule has 0 radical (unpaired) electrons. The first-order valence-electron chi connectivity index (χ1n) is 17.4. The Labute approximate surface area is 276 Å². The number of nitrogens with zero attached hydrogens (tertiary/aromatic N) is 3. The zero-order valence-electron chi connectivity index (χ0n) is 27.7. The fraction of sp³-hybridized carbons (Fsp3) is 0.706. The highest BCUT2D eigenvalue weighted by atomic mass is 16.2. The fourth-order valence-electron chi connectivity index (χ4n) is 7.51. The number of hydrogen-bond acceptors (Lipinski definition) is 8. The molecule has 1 aromatic heterocycles. The summed E-state index contributed by atoms with van der Waals surface area (Å²) in [5.74, 6) is -3.59. The number of ketones is 1. The minimum Gasteiger partial charge on any atom is -0.347 e. The van der Waals surface area contributed by atoms with Crippen molar-refractivity contribution in [2.75, 3.05) is 0 Å². The molecule has 13 heteroatoms. The van der Waals surface area contributed by atoms with E-state index in [9.17, 15) is 28.8 Å². The molecule has 6 atom stereocenters. The number of carbonyl (C=O) groups is 6. The molecule has 47 heavy (non-hydrogen) atoms. The molecule has 0 aromatic carbocycles. The van der Waals surface area contributed by atoms with Crippen molar-refractivity contribution in [1.82, 2.24) is 36.1 Å². The second-order valence-corrected chi connectivity index (χ2v) is 14.0. The monoisotopic (exact) mass is 651 g/mol. The fourth-order valence-corrected chi connectivity index (χ4v) is 7.51. The number of likely N-dealkylation sites (tertiary alicyclic amines) is 1. The van der Waals surface area contributed by atoms with Crippen LogP contribution in [-0.2, 0) is 24.0 Å². The molecule has 3 saturated carbocycles.